The lowest BCUT2D eigenvalue weighted by molar-refractivity contribution is -0.137. The van der Waals surface area contributed by atoms with Crippen LogP contribution in [0.25, 0.3) is 0 Å². The van der Waals surface area contributed by atoms with Gasteiger partial charge in [-0.2, -0.15) is 13.2 Å². The largest absolute Gasteiger partial charge is 0.416 e. The fraction of sp³-hybridized carbons (Fsp3) is 0.222. The number of hydrogen-bond donors (Lipinski definition) is 2. The highest BCUT2D eigenvalue weighted by atomic mass is 79.9. The van der Waals surface area contributed by atoms with Crippen LogP contribution < -0.4 is 11.1 Å². The molecule has 1 aromatic carbocycles. The molecule has 0 aliphatic rings. The number of benzene rings is 1. The topological polar surface area (TPSA) is 38.0 Å². The first-order chi connectivity index (χ1) is 7.21. The molecular formula is C9H8BrF3N2S. The molecule has 0 saturated carbocycles. The molecule has 0 radical (unpaired) electrons. The minimum Gasteiger partial charge on any atom is -0.376 e. The molecule has 0 heterocycles. The molecular weight excluding hydrogens is 305 g/mol. The lowest BCUT2D eigenvalue weighted by Gasteiger charge is -2.14. The van der Waals surface area contributed by atoms with E-state index < -0.39 is 11.7 Å². The van der Waals surface area contributed by atoms with E-state index in [2.05, 4.69) is 33.5 Å². The SMILES string of the molecule is Cc1c(Br)cc(C(F)(F)F)cc1NC(N)=S. The van der Waals surface area contributed by atoms with Crippen molar-refractivity contribution in [3.8, 4) is 0 Å². The van der Waals surface area contributed by atoms with Crippen molar-refractivity contribution >= 4 is 38.9 Å². The second kappa shape index (κ2) is 4.58. The van der Waals surface area contributed by atoms with E-state index in [1.165, 1.54) is 0 Å². The van der Waals surface area contributed by atoms with Gasteiger partial charge in [0.25, 0.3) is 0 Å². The van der Waals surface area contributed by atoms with Crippen LogP contribution in [0, 0.1) is 6.92 Å². The molecule has 16 heavy (non-hydrogen) atoms. The predicted molar refractivity (Wildman–Crippen MR) is 64.3 cm³/mol. The molecule has 0 bridgehead atoms. The minimum atomic E-state index is -4.40. The van der Waals surface area contributed by atoms with Crippen LogP contribution in [0.1, 0.15) is 11.1 Å². The van der Waals surface area contributed by atoms with E-state index in [9.17, 15) is 13.2 Å². The molecule has 0 aromatic heterocycles. The summed E-state index contributed by atoms with van der Waals surface area (Å²) in [7, 11) is 0. The van der Waals surface area contributed by atoms with Crippen LogP contribution in [-0.4, -0.2) is 5.11 Å². The van der Waals surface area contributed by atoms with Crippen molar-refractivity contribution in [1.29, 1.82) is 0 Å². The highest BCUT2D eigenvalue weighted by Crippen LogP contribution is 2.35. The van der Waals surface area contributed by atoms with E-state index in [0.29, 0.717) is 10.0 Å². The van der Waals surface area contributed by atoms with Crippen LogP contribution >= 0.6 is 28.1 Å². The predicted octanol–water partition coefficient (Wildman–Crippen LogP) is 3.43. The fourth-order valence-electron chi connectivity index (χ4n) is 1.11. The Morgan fingerprint density at radius 1 is 1.44 bits per heavy atom. The summed E-state index contributed by atoms with van der Waals surface area (Å²) >= 11 is 7.64. The Balaban J connectivity index is 3.27. The average molecular weight is 313 g/mol. The number of hydrogen-bond acceptors (Lipinski definition) is 1. The Labute approximate surface area is 104 Å². The van der Waals surface area contributed by atoms with Crippen LogP contribution in [0.3, 0.4) is 0 Å². The lowest BCUT2D eigenvalue weighted by Crippen LogP contribution is -2.20. The van der Waals surface area contributed by atoms with Crippen molar-refractivity contribution < 1.29 is 13.2 Å². The van der Waals surface area contributed by atoms with Gasteiger partial charge in [0.05, 0.1) is 5.56 Å². The van der Waals surface area contributed by atoms with Gasteiger partial charge in [0, 0.05) is 10.2 Å². The molecule has 0 unspecified atom stereocenters. The summed E-state index contributed by atoms with van der Waals surface area (Å²) in [6, 6.07) is 1.99. The van der Waals surface area contributed by atoms with E-state index in [1.807, 2.05) is 0 Å². The van der Waals surface area contributed by atoms with Gasteiger partial charge in [-0.25, -0.2) is 0 Å². The molecule has 2 nitrogen and oxygen atoms in total. The van der Waals surface area contributed by atoms with E-state index in [1.54, 1.807) is 6.92 Å². The highest BCUT2D eigenvalue weighted by molar-refractivity contribution is 9.10. The molecule has 0 aliphatic heterocycles. The summed E-state index contributed by atoms with van der Waals surface area (Å²) in [6.45, 7) is 1.66. The lowest BCUT2D eigenvalue weighted by atomic mass is 10.1. The average Bonchev–Trinajstić information content (AvgIpc) is 2.10. The highest BCUT2D eigenvalue weighted by Gasteiger charge is 2.31. The third-order valence-corrected chi connectivity index (χ3v) is 2.86. The first-order valence-electron chi connectivity index (χ1n) is 4.15. The Morgan fingerprint density at radius 2 is 2.00 bits per heavy atom. The van der Waals surface area contributed by atoms with Crippen molar-refractivity contribution in [2.45, 2.75) is 13.1 Å². The fourth-order valence-corrected chi connectivity index (χ4v) is 1.68. The van der Waals surface area contributed by atoms with Crippen molar-refractivity contribution in [3.63, 3.8) is 0 Å². The maximum absolute atomic E-state index is 12.5. The third-order valence-electron chi connectivity index (χ3n) is 1.93. The summed E-state index contributed by atoms with van der Waals surface area (Å²) in [5, 5.41) is 2.43. The van der Waals surface area contributed by atoms with Crippen LogP contribution in [0.4, 0.5) is 18.9 Å². The smallest absolute Gasteiger partial charge is 0.376 e. The van der Waals surface area contributed by atoms with Gasteiger partial charge in [-0.1, -0.05) is 15.9 Å². The number of nitrogens with one attached hydrogen (secondary N) is 1. The molecule has 0 saturated heterocycles. The first kappa shape index (κ1) is 13.2. The van der Waals surface area contributed by atoms with Gasteiger partial charge in [0.15, 0.2) is 5.11 Å². The van der Waals surface area contributed by atoms with Gasteiger partial charge < -0.3 is 11.1 Å². The van der Waals surface area contributed by atoms with Gasteiger partial charge in [0.2, 0.25) is 0 Å². The van der Waals surface area contributed by atoms with E-state index in [4.69, 9.17) is 5.73 Å². The summed E-state index contributed by atoms with van der Waals surface area (Å²) < 4.78 is 37.9. The van der Waals surface area contributed by atoms with Gasteiger partial charge >= 0.3 is 6.18 Å². The maximum Gasteiger partial charge on any atom is 0.416 e. The van der Waals surface area contributed by atoms with E-state index in [-0.39, 0.29) is 10.8 Å². The Hall–Kier alpha value is -0.820. The number of halogens is 4. The maximum atomic E-state index is 12.5. The zero-order chi connectivity index (χ0) is 12.5. The van der Waals surface area contributed by atoms with Gasteiger partial charge in [-0.15, -0.1) is 0 Å². The molecule has 7 heteroatoms. The number of thiocarbonyl (C=S) groups is 1. The number of anilines is 1. The van der Waals surface area contributed by atoms with E-state index in [0.717, 1.165) is 12.1 Å². The summed E-state index contributed by atoms with van der Waals surface area (Å²) in [4.78, 5) is 0. The normalized spacial score (nSPS) is 11.3. The van der Waals surface area contributed by atoms with Crippen LogP contribution in [0.5, 0.6) is 0 Å². The Morgan fingerprint density at radius 3 is 2.44 bits per heavy atom. The van der Waals surface area contributed by atoms with E-state index >= 15 is 0 Å². The molecule has 1 rings (SSSR count). The number of alkyl halides is 3. The van der Waals surface area contributed by atoms with Gasteiger partial charge in [0.1, 0.15) is 0 Å². The molecule has 0 spiro atoms. The Bertz CT molecular complexity index is 431. The molecule has 0 amide bonds. The second-order valence-corrected chi connectivity index (χ2v) is 4.41. The molecule has 3 N–H and O–H groups in total. The molecule has 0 fully saturated rings. The number of rotatable bonds is 1. The quantitative estimate of drug-likeness (QED) is 0.780. The molecule has 0 aliphatic carbocycles. The van der Waals surface area contributed by atoms with Crippen molar-refractivity contribution in [1.82, 2.24) is 0 Å². The summed E-state index contributed by atoms with van der Waals surface area (Å²) in [6.07, 6.45) is -4.40. The first-order valence-corrected chi connectivity index (χ1v) is 5.35. The van der Waals surface area contributed by atoms with Crippen LogP contribution in [-0.2, 0) is 6.18 Å². The summed E-state index contributed by atoms with van der Waals surface area (Å²) in [5.74, 6) is 0. The number of nitrogens with two attached hydrogens (primary N) is 1. The molecule has 88 valence electrons. The minimum absolute atomic E-state index is 0.0747. The monoisotopic (exact) mass is 312 g/mol. The molecule has 1 aromatic rings. The van der Waals surface area contributed by atoms with Crippen LogP contribution in [0.2, 0.25) is 0 Å². The summed E-state index contributed by atoms with van der Waals surface area (Å²) in [5.41, 5.74) is 5.32. The van der Waals surface area contributed by atoms with Crippen molar-refractivity contribution in [2.24, 2.45) is 5.73 Å². The zero-order valence-electron chi connectivity index (χ0n) is 8.15. The van der Waals surface area contributed by atoms with Gasteiger partial charge in [-0.05, 0) is 36.8 Å². The van der Waals surface area contributed by atoms with Crippen LogP contribution in [0.15, 0.2) is 16.6 Å². The van der Waals surface area contributed by atoms with Crippen molar-refractivity contribution in [3.05, 3.63) is 27.7 Å². The third kappa shape index (κ3) is 3.08. The zero-order valence-corrected chi connectivity index (χ0v) is 10.6. The van der Waals surface area contributed by atoms with Gasteiger partial charge in [-0.3, -0.25) is 0 Å². The Kier molecular flexibility index (Phi) is 3.80. The van der Waals surface area contributed by atoms with Crippen molar-refractivity contribution in [2.75, 3.05) is 5.32 Å². The molecule has 0 atom stereocenters. The standard InChI is InChI=1S/C9H8BrF3N2S/c1-4-6(10)2-5(9(11,12)13)3-7(4)15-8(14)16/h2-3H,1H3,(H3,14,15,16). The second-order valence-electron chi connectivity index (χ2n) is 3.12.